The number of carboxylic acid groups (broad SMARTS) is 1. The van der Waals surface area contributed by atoms with Gasteiger partial charge in [0.25, 0.3) is 5.69 Å². The molecule has 1 heterocycles. The Bertz CT molecular complexity index is 663. The maximum atomic E-state index is 11.4. The molecular formula is C13H15N3O4. The number of non-ortho nitro benzene ring substituents is 1. The fourth-order valence-electron chi connectivity index (χ4n) is 2.16. The molecule has 7 heteroatoms. The summed E-state index contributed by atoms with van der Waals surface area (Å²) in [6.45, 7) is 3.89. The molecule has 0 fully saturated rings. The summed E-state index contributed by atoms with van der Waals surface area (Å²) < 4.78 is 1.56. The second-order valence-corrected chi connectivity index (χ2v) is 5.07. The Balaban J connectivity index is 2.48. The summed E-state index contributed by atoms with van der Waals surface area (Å²) in [7, 11) is 0. The lowest BCUT2D eigenvalue weighted by Gasteiger charge is -2.16. The average molecular weight is 277 g/mol. The molecule has 0 amide bonds. The molecule has 0 aliphatic carbocycles. The smallest absolute Gasteiger partial charge is 0.326 e. The van der Waals surface area contributed by atoms with Crippen LogP contribution in [0.1, 0.15) is 26.3 Å². The average Bonchev–Trinajstić information content (AvgIpc) is 2.77. The van der Waals surface area contributed by atoms with Crippen molar-refractivity contribution < 1.29 is 14.8 Å². The van der Waals surface area contributed by atoms with Crippen LogP contribution in [0.3, 0.4) is 0 Å². The van der Waals surface area contributed by atoms with Crippen LogP contribution in [0.4, 0.5) is 5.69 Å². The van der Waals surface area contributed by atoms with Crippen LogP contribution in [-0.2, 0) is 4.79 Å². The Morgan fingerprint density at radius 1 is 1.50 bits per heavy atom. The van der Waals surface area contributed by atoms with Gasteiger partial charge in [0.05, 0.1) is 22.3 Å². The number of carbonyl (C=O) groups is 1. The van der Waals surface area contributed by atoms with Crippen LogP contribution in [0.25, 0.3) is 11.0 Å². The molecule has 1 aromatic heterocycles. The molecule has 2 aromatic rings. The van der Waals surface area contributed by atoms with E-state index in [0.29, 0.717) is 17.5 Å². The van der Waals surface area contributed by atoms with Crippen LogP contribution >= 0.6 is 0 Å². The molecule has 1 unspecified atom stereocenters. The number of hydrogen-bond donors (Lipinski definition) is 1. The first kappa shape index (κ1) is 14.0. The molecule has 0 radical (unpaired) electrons. The third-order valence-electron chi connectivity index (χ3n) is 3.08. The number of aliphatic carboxylic acids is 1. The molecule has 0 spiro atoms. The zero-order valence-electron chi connectivity index (χ0n) is 11.2. The summed E-state index contributed by atoms with van der Waals surface area (Å²) in [4.78, 5) is 25.7. The van der Waals surface area contributed by atoms with Crippen LogP contribution in [-0.4, -0.2) is 25.6 Å². The first-order chi connectivity index (χ1) is 9.40. The van der Waals surface area contributed by atoms with Gasteiger partial charge in [0.1, 0.15) is 6.04 Å². The van der Waals surface area contributed by atoms with E-state index >= 15 is 0 Å². The lowest BCUT2D eigenvalue weighted by atomic mass is 10.0. The van der Waals surface area contributed by atoms with Gasteiger partial charge in [0.15, 0.2) is 0 Å². The van der Waals surface area contributed by atoms with Crippen LogP contribution in [0, 0.1) is 16.0 Å². The predicted octanol–water partition coefficient (Wildman–Crippen LogP) is 2.62. The van der Waals surface area contributed by atoms with E-state index in [1.165, 1.54) is 24.5 Å². The summed E-state index contributed by atoms with van der Waals surface area (Å²) in [5, 5.41) is 20.1. The molecular weight excluding hydrogens is 262 g/mol. The molecule has 1 N–H and O–H groups in total. The molecule has 1 atom stereocenters. The minimum atomic E-state index is -0.934. The molecule has 0 aliphatic rings. The number of aromatic nitrogens is 2. The number of imidazole rings is 1. The fourth-order valence-corrected chi connectivity index (χ4v) is 2.16. The van der Waals surface area contributed by atoms with E-state index in [4.69, 9.17) is 0 Å². The number of benzene rings is 1. The van der Waals surface area contributed by atoms with E-state index in [1.807, 2.05) is 13.8 Å². The van der Waals surface area contributed by atoms with Gasteiger partial charge in [-0.25, -0.2) is 9.78 Å². The van der Waals surface area contributed by atoms with E-state index in [2.05, 4.69) is 4.98 Å². The molecule has 0 aliphatic heterocycles. The highest BCUT2D eigenvalue weighted by molar-refractivity contribution is 5.81. The van der Waals surface area contributed by atoms with Gasteiger partial charge >= 0.3 is 5.97 Å². The molecule has 1 aromatic carbocycles. The summed E-state index contributed by atoms with van der Waals surface area (Å²) in [6.07, 6.45) is 1.90. The highest BCUT2D eigenvalue weighted by Crippen LogP contribution is 2.25. The number of fused-ring (bicyclic) bond motifs is 1. The van der Waals surface area contributed by atoms with Crippen LogP contribution < -0.4 is 0 Å². The highest BCUT2D eigenvalue weighted by atomic mass is 16.6. The van der Waals surface area contributed by atoms with Crippen molar-refractivity contribution in [1.82, 2.24) is 9.55 Å². The molecule has 0 saturated carbocycles. The van der Waals surface area contributed by atoms with Crippen molar-refractivity contribution in [2.45, 2.75) is 26.3 Å². The van der Waals surface area contributed by atoms with E-state index in [0.717, 1.165) is 0 Å². The number of nitro groups is 1. The standard InChI is InChI=1S/C13H15N3O4/c1-8(2)5-12(13(17)18)15-7-14-10-6-9(16(19)20)3-4-11(10)15/h3-4,6-8,12H,5H2,1-2H3,(H,17,18). The molecule has 20 heavy (non-hydrogen) atoms. The molecule has 7 nitrogen and oxygen atoms in total. The topological polar surface area (TPSA) is 98.3 Å². The van der Waals surface area contributed by atoms with Gasteiger partial charge in [-0.3, -0.25) is 10.1 Å². The highest BCUT2D eigenvalue weighted by Gasteiger charge is 2.23. The third-order valence-corrected chi connectivity index (χ3v) is 3.08. The van der Waals surface area contributed by atoms with Gasteiger partial charge in [-0.2, -0.15) is 0 Å². The van der Waals surface area contributed by atoms with Gasteiger partial charge < -0.3 is 9.67 Å². The predicted molar refractivity (Wildman–Crippen MR) is 72.5 cm³/mol. The lowest BCUT2D eigenvalue weighted by Crippen LogP contribution is -2.20. The van der Waals surface area contributed by atoms with E-state index in [1.54, 1.807) is 4.57 Å². The van der Waals surface area contributed by atoms with Crippen molar-refractivity contribution in [3.8, 4) is 0 Å². The summed E-state index contributed by atoms with van der Waals surface area (Å²) in [5.74, 6) is -0.719. The van der Waals surface area contributed by atoms with Crippen molar-refractivity contribution in [1.29, 1.82) is 0 Å². The number of rotatable bonds is 5. The van der Waals surface area contributed by atoms with Crippen molar-refractivity contribution >= 4 is 22.7 Å². The monoisotopic (exact) mass is 277 g/mol. The number of nitro benzene ring substituents is 1. The largest absolute Gasteiger partial charge is 0.480 e. The van der Waals surface area contributed by atoms with Crippen molar-refractivity contribution in [3.05, 3.63) is 34.6 Å². The van der Waals surface area contributed by atoms with Gasteiger partial charge in [-0.15, -0.1) is 0 Å². The quantitative estimate of drug-likeness (QED) is 0.669. The normalized spacial score (nSPS) is 12.8. The lowest BCUT2D eigenvalue weighted by molar-refractivity contribution is -0.384. The van der Waals surface area contributed by atoms with Gasteiger partial charge in [-0.05, 0) is 18.4 Å². The third kappa shape index (κ3) is 2.61. The summed E-state index contributed by atoms with van der Waals surface area (Å²) >= 11 is 0. The Labute approximate surface area is 115 Å². The Morgan fingerprint density at radius 2 is 2.20 bits per heavy atom. The second-order valence-electron chi connectivity index (χ2n) is 5.07. The minimum Gasteiger partial charge on any atom is -0.480 e. The van der Waals surface area contributed by atoms with Gasteiger partial charge in [-0.1, -0.05) is 13.8 Å². The van der Waals surface area contributed by atoms with Crippen LogP contribution in [0.5, 0.6) is 0 Å². The summed E-state index contributed by atoms with van der Waals surface area (Å²) in [5.41, 5.74) is 0.955. The Kier molecular flexibility index (Phi) is 3.69. The molecule has 0 saturated heterocycles. The molecule has 0 bridgehead atoms. The zero-order valence-corrected chi connectivity index (χ0v) is 11.2. The Hall–Kier alpha value is -2.44. The second kappa shape index (κ2) is 5.28. The molecule has 2 rings (SSSR count). The maximum absolute atomic E-state index is 11.4. The number of carboxylic acids is 1. The van der Waals surface area contributed by atoms with Crippen molar-refractivity contribution in [2.75, 3.05) is 0 Å². The number of hydrogen-bond acceptors (Lipinski definition) is 4. The van der Waals surface area contributed by atoms with Gasteiger partial charge in [0, 0.05) is 12.1 Å². The van der Waals surface area contributed by atoms with Crippen LogP contribution in [0.2, 0.25) is 0 Å². The van der Waals surface area contributed by atoms with E-state index < -0.39 is 16.9 Å². The van der Waals surface area contributed by atoms with Gasteiger partial charge in [0.2, 0.25) is 0 Å². The SMILES string of the molecule is CC(C)CC(C(=O)O)n1cnc2cc([N+](=O)[O-])ccc21. The fraction of sp³-hybridized carbons (Fsp3) is 0.385. The number of nitrogens with zero attached hydrogens (tertiary/aromatic N) is 3. The van der Waals surface area contributed by atoms with E-state index in [9.17, 15) is 20.0 Å². The van der Waals surface area contributed by atoms with E-state index in [-0.39, 0.29) is 11.6 Å². The first-order valence-electron chi connectivity index (χ1n) is 6.24. The van der Waals surface area contributed by atoms with Crippen molar-refractivity contribution in [2.24, 2.45) is 5.92 Å². The maximum Gasteiger partial charge on any atom is 0.326 e. The first-order valence-corrected chi connectivity index (χ1v) is 6.24. The zero-order chi connectivity index (χ0) is 14.9. The molecule has 106 valence electrons. The minimum absolute atomic E-state index is 0.0570. The summed E-state index contributed by atoms with van der Waals surface area (Å²) in [6, 6.07) is 3.52. The van der Waals surface area contributed by atoms with Crippen molar-refractivity contribution in [3.63, 3.8) is 0 Å². The Morgan fingerprint density at radius 3 is 2.75 bits per heavy atom. The van der Waals surface area contributed by atoms with Crippen LogP contribution in [0.15, 0.2) is 24.5 Å².